The first-order valence-corrected chi connectivity index (χ1v) is 7.39. The Morgan fingerprint density at radius 1 is 0.957 bits per heavy atom. The molecular weight excluding hydrogens is 288 g/mol. The summed E-state index contributed by atoms with van der Waals surface area (Å²) in [6.07, 6.45) is 0. The lowest BCUT2D eigenvalue weighted by Gasteiger charge is -2.15. The highest BCUT2D eigenvalue weighted by atomic mass is 16.5. The Bertz CT molecular complexity index is 853. The maximum absolute atomic E-state index is 12.8. The fourth-order valence-corrected chi connectivity index (χ4v) is 2.55. The average Bonchev–Trinajstić information content (AvgIpc) is 2.62. The zero-order valence-corrected chi connectivity index (χ0v) is 12.9. The number of methoxy groups -OCH3 is 1. The van der Waals surface area contributed by atoms with Gasteiger partial charge in [-0.05, 0) is 48.0 Å². The molecule has 4 heteroatoms. The molecule has 3 rings (SSSR count). The Hall–Kier alpha value is -2.85. The standard InChI is InChI=1S/C19H18N2O2/c1-23-17-10-7-14(8-11-17)18-12-9-15(13-20)19(22)21(18)16-5-3-2-4-6-16/h2-12H,13,20H2,1H3. The molecule has 0 saturated heterocycles. The number of aromatic nitrogens is 1. The monoisotopic (exact) mass is 306 g/mol. The predicted octanol–water partition coefficient (Wildman–Crippen LogP) is 2.97. The van der Waals surface area contributed by atoms with Gasteiger partial charge in [0.25, 0.3) is 5.56 Å². The lowest BCUT2D eigenvalue weighted by Crippen LogP contribution is -2.25. The van der Waals surface area contributed by atoms with Gasteiger partial charge < -0.3 is 10.5 Å². The van der Waals surface area contributed by atoms with Gasteiger partial charge in [-0.1, -0.05) is 24.3 Å². The van der Waals surface area contributed by atoms with Crippen LogP contribution in [0.15, 0.2) is 71.5 Å². The number of nitrogens with two attached hydrogens (primary N) is 1. The van der Waals surface area contributed by atoms with E-state index >= 15 is 0 Å². The van der Waals surface area contributed by atoms with E-state index in [0.717, 1.165) is 22.7 Å². The summed E-state index contributed by atoms with van der Waals surface area (Å²) in [5.74, 6) is 0.779. The highest BCUT2D eigenvalue weighted by molar-refractivity contribution is 5.63. The fourth-order valence-electron chi connectivity index (χ4n) is 2.55. The van der Waals surface area contributed by atoms with Crippen molar-refractivity contribution in [1.82, 2.24) is 4.57 Å². The topological polar surface area (TPSA) is 57.2 Å². The summed E-state index contributed by atoms with van der Waals surface area (Å²) < 4.78 is 6.89. The molecule has 0 fully saturated rings. The molecule has 1 aromatic heterocycles. The van der Waals surface area contributed by atoms with E-state index in [9.17, 15) is 4.79 Å². The quantitative estimate of drug-likeness (QED) is 0.806. The van der Waals surface area contributed by atoms with E-state index in [1.54, 1.807) is 17.7 Å². The lowest BCUT2D eigenvalue weighted by molar-refractivity contribution is 0.415. The molecule has 0 aliphatic rings. The van der Waals surface area contributed by atoms with Gasteiger partial charge in [0.2, 0.25) is 0 Å². The number of nitrogens with zero attached hydrogens (tertiary/aromatic N) is 1. The van der Waals surface area contributed by atoms with Crippen molar-refractivity contribution in [3.05, 3.63) is 82.6 Å². The van der Waals surface area contributed by atoms with Crippen LogP contribution in [0.5, 0.6) is 5.75 Å². The number of para-hydroxylation sites is 1. The Morgan fingerprint density at radius 2 is 1.65 bits per heavy atom. The third kappa shape index (κ3) is 2.89. The van der Waals surface area contributed by atoms with Crippen molar-refractivity contribution in [2.45, 2.75) is 6.54 Å². The minimum absolute atomic E-state index is 0.0907. The molecule has 2 aromatic carbocycles. The van der Waals surface area contributed by atoms with Crippen LogP contribution in [0.1, 0.15) is 5.56 Å². The maximum atomic E-state index is 12.8. The van der Waals surface area contributed by atoms with E-state index in [0.29, 0.717) is 5.56 Å². The minimum Gasteiger partial charge on any atom is -0.497 e. The maximum Gasteiger partial charge on any atom is 0.260 e. The van der Waals surface area contributed by atoms with Crippen molar-refractivity contribution in [3.8, 4) is 22.7 Å². The van der Waals surface area contributed by atoms with E-state index < -0.39 is 0 Å². The van der Waals surface area contributed by atoms with Crippen molar-refractivity contribution in [2.75, 3.05) is 7.11 Å². The summed E-state index contributed by atoms with van der Waals surface area (Å²) in [4.78, 5) is 12.8. The predicted molar refractivity (Wildman–Crippen MR) is 91.9 cm³/mol. The Balaban J connectivity index is 2.24. The molecule has 3 aromatic rings. The van der Waals surface area contributed by atoms with E-state index in [1.807, 2.05) is 60.7 Å². The number of hydrogen-bond donors (Lipinski definition) is 1. The molecule has 0 aliphatic heterocycles. The number of ether oxygens (including phenoxy) is 1. The summed E-state index contributed by atoms with van der Waals surface area (Å²) in [5, 5.41) is 0. The Kier molecular flexibility index (Phi) is 4.26. The van der Waals surface area contributed by atoms with E-state index in [-0.39, 0.29) is 12.1 Å². The number of hydrogen-bond acceptors (Lipinski definition) is 3. The molecule has 0 bridgehead atoms. The second kappa shape index (κ2) is 6.50. The van der Waals surface area contributed by atoms with Gasteiger partial charge in [0, 0.05) is 17.8 Å². The van der Waals surface area contributed by atoms with Crippen LogP contribution in [-0.2, 0) is 6.54 Å². The average molecular weight is 306 g/mol. The highest BCUT2D eigenvalue weighted by Gasteiger charge is 2.11. The first kappa shape index (κ1) is 15.1. The second-order valence-corrected chi connectivity index (χ2v) is 5.15. The van der Waals surface area contributed by atoms with Crippen LogP contribution < -0.4 is 16.0 Å². The van der Waals surface area contributed by atoms with E-state index in [1.165, 1.54) is 0 Å². The van der Waals surface area contributed by atoms with Gasteiger partial charge in [-0.3, -0.25) is 9.36 Å². The van der Waals surface area contributed by atoms with Crippen LogP contribution in [0.2, 0.25) is 0 Å². The van der Waals surface area contributed by atoms with E-state index in [4.69, 9.17) is 10.5 Å². The molecule has 0 radical (unpaired) electrons. The number of pyridine rings is 1. The number of rotatable bonds is 4. The summed E-state index contributed by atoms with van der Waals surface area (Å²) in [6.45, 7) is 0.217. The van der Waals surface area contributed by atoms with Crippen LogP contribution in [0.3, 0.4) is 0 Å². The van der Waals surface area contributed by atoms with Gasteiger partial charge in [-0.25, -0.2) is 0 Å². The SMILES string of the molecule is COc1ccc(-c2ccc(CN)c(=O)n2-c2ccccc2)cc1. The van der Waals surface area contributed by atoms with Gasteiger partial charge >= 0.3 is 0 Å². The van der Waals surface area contributed by atoms with Gasteiger partial charge in [-0.15, -0.1) is 0 Å². The summed E-state index contributed by atoms with van der Waals surface area (Å²) >= 11 is 0. The molecule has 0 atom stereocenters. The van der Waals surface area contributed by atoms with Crippen LogP contribution in [-0.4, -0.2) is 11.7 Å². The molecule has 23 heavy (non-hydrogen) atoms. The van der Waals surface area contributed by atoms with Crippen molar-refractivity contribution in [3.63, 3.8) is 0 Å². The van der Waals surface area contributed by atoms with Crippen LogP contribution in [0.25, 0.3) is 16.9 Å². The molecule has 0 spiro atoms. The summed E-state index contributed by atoms with van der Waals surface area (Å²) in [7, 11) is 1.63. The zero-order chi connectivity index (χ0) is 16.2. The van der Waals surface area contributed by atoms with E-state index in [2.05, 4.69) is 0 Å². The molecule has 0 saturated carbocycles. The van der Waals surface area contributed by atoms with Gasteiger partial charge in [0.15, 0.2) is 0 Å². The second-order valence-electron chi connectivity index (χ2n) is 5.15. The molecule has 4 nitrogen and oxygen atoms in total. The van der Waals surface area contributed by atoms with Crippen LogP contribution >= 0.6 is 0 Å². The molecule has 0 amide bonds. The van der Waals surface area contributed by atoms with Gasteiger partial charge in [0.1, 0.15) is 5.75 Å². The largest absolute Gasteiger partial charge is 0.497 e. The van der Waals surface area contributed by atoms with Crippen molar-refractivity contribution >= 4 is 0 Å². The molecule has 116 valence electrons. The first-order chi connectivity index (χ1) is 11.2. The summed E-state index contributed by atoms with van der Waals surface area (Å²) in [6, 6.07) is 20.9. The van der Waals surface area contributed by atoms with Crippen molar-refractivity contribution < 1.29 is 4.74 Å². The molecule has 0 unspecified atom stereocenters. The van der Waals surface area contributed by atoms with Gasteiger partial charge in [-0.2, -0.15) is 0 Å². The molecule has 0 aliphatic carbocycles. The molecule has 1 heterocycles. The van der Waals surface area contributed by atoms with Crippen molar-refractivity contribution in [2.24, 2.45) is 5.73 Å². The molecule has 2 N–H and O–H groups in total. The lowest BCUT2D eigenvalue weighted by atomic mass is 10.1. The smallest absolute Gasteiger partial charge is 0.260 e. The van der Waals surface area contributed by atoms with Gasteiger partial charge in [0.05, 0.1) is 12.8 Å². The van der Waals surface area contributed by atoms with Crippen LogP contribution in [0.4, 0.5) is 0 Å². The van der Waals surface area contributed by atoms with Crippen molar-refractivity contribution in [1.29, 1.82) is 0 Å². The Labute approximate surface area is 134 Å². The third-order valence-electron chi connectivity index (χ3n) is 3.78. The highest BCUT2D eigenvalue weighted by Crippen LogP contribution is 2.24. The first-order valence-electron chi connectivity index (χ1n) is 7.39. The number of benzene rings is 2. The summed E-state index contributed by atoms with van der Waals surface area (Å²) in [5.41, 5.74) is 8.77. The zero-order valence-electron chi connectivity index (χ0n) is 12.9. The molecular formula is C19H18N2O2. The third-order valence-corrected chi connectivity index (χ3v) is 3.78. The van der Waals surface area contributed by atoms with Crippen LogP contribution in [0, 0.1) is 0 Å². The Morgan fingerprint density at radius 3 is 2.26 bits per heavy atom. The fraction of sp³-hybridized carbons (Fsp3) is 0.105. The normalized spacial score (nSPS) is 10.5. The minimum atomic E-state index is -0.0907.